The average Bonchev–Trinajstić information content (AvgIpc) is 3.18. The van der Waals surface area contributed by atoms with Crippen LogP contribution in [-0.2, 0) is 11.8 Å². The van der Waals surface area contributed by atoms with Crippen molar-refractivity contribution in [1.29, 1.82) is 0 Å². The zero-order chi connectivity index (χ0) is 15.1. The molecule has 2 unspecified atom stereocenters. The Hall–Kier alpha value is -1.43. The highest BCUT2D eigenvalue weighted by molar-refractivity contribution is 5.93. The standard InChI is InChI=1S/C16H25N5O/c1-21-16(18-14(20-21)10-6-8-17-9-7-10)19-15(22)13-11-4-2-3-5-12(11)13/h10-13,17H,2-9H2,1H3,(H,18,19,20,22). The number of carbonyl (C=O) groups excluding carboxylic acids is 1. The molecule has 0 spiro atoms. The van der Waals surface area contributed by atoms with Crippen molar-refractivity contribution in [3.63, 3.8) is 0 Å². The van der Waals surface area contributed by atoms with Crippen molar-refractivity contribution in [3.8, 4) is 0 Å². The Kier molecular flexibility index (Phi) is 3.64. The molecule has 1 amide bonds. The highest BCUT2D eigenvalue weighted by Gasteiger charge is 2.54. The first kappa shape index (κ1) is 14.2. The van der Waals surface area contributed by atoms with E-state index in [4.69, 9.17) is 0 Å². The van der Waals surface area contributed by atoms with Gasteiger partial charge in [-0.3, -0.25) is 10.1 Å². The molecular formula is C16H25N5O. The second-order valence-corrected chi connectivity index (χ2v) is 7.07. The van der Waals surface area contributed by atoms with Gasteiger partial charge in [-0.15, -0.1) is 0 Å². The fourth-order valence-electron chi connectivity index (χ4n) is 4.34. The number of hydrogen-bond acceptors (Lipinski definition) is 4. The van der Waals surface area contributed by atoms with Crippen molar-refractivity contribution in [1.82, 2.24) is 20.1 Å². The Balaban J connectivity index is 1.42. The molecule has 2 N–H and O–H groups in total. The SMILES string of the molecule is Cn1nc(C2CCNCC2)nc1NC(=O)C1C2CCCCC21. The number of nitrogens with one attached hydrogen (secondary N) is 2. The van der Waals surface area contributed by atoms with E-state index in [2.05, 4.69) is 20.7 Å². The number of aryl methyl sites for hydroxylation is 1. The molecule has 0 aromatic carbocycles. The maximum atomic E-state index is 12.5. The van der Waals surface area contributed by atoms with Crippen LogP contribution >= 0.6 is 0 Å². The lowest BCUT2D eigenvalue weighted by atomic mass is 9.98. The van der Waals surface area contributed by atoms with E-state index in [1.807, 2.05) is 7.05 Å². The summed E-state index contributed by atoms with van der Waals surface area (Å²) in [6.45, 7) is 2.05. The maximum absolute atomic E-state index is 12.5. The van der Waals surface area contributed by atoms with E-state index in [0.717, 1.165) is 31.8 Å². The largest absolute Gasteiger partial charge is 0.317 e. The molecule has 3 fully saturated rings. The molecular weight excluding hydrogens is 278 g/mol. The van der Waals surface area contributed by atoms with Gasteiger partial charge < -0.3 is 5.32 Å². The average molecular weight is 303 g/mol. The normalized spacial score (nSPS) is 31.6. The van der Waals surface area contributed by atoms with Gasteiger partial charge >= 0.3 is 0 Å². The minimum Gasteiger partial charge on any atom is -0.317 e. The zero-order valence-corrected chi connectivity index (χ0v) is 13.2. The number of hydrogen-bond donors (Lipinski definition) is 2. The quantitative estimate of drug-likeness (QED) is 0.891. The Bertz CT molecular complexity index is 551. The molecule has 3 aliphatic rings. The third-order valence-electron chi connectivity index (χ3n) is 5.68. The summed E-state index contributed by atoms with van der Waals surface area (Å²) < 4.78 is 1.72. The summed E-state index contributed by atoms with van der Waals surface area (Å²) in [6.07, 6.45) is 7.17. The van der Waals surface area contributed by atoms with Crippen LogP contribution in [0, 0.1) is 17.8 Å². The van der Waals surface area contributed by atoms with E-state index in [0.29, 0.717) is 23.7 Å². The van der Waals surface area contributed by atoms with Gasteiger partial charge in [0.1, 0.15) is 0 Å². The van der Waals surface area contributed by atoms with E-state index in [1.54, 1.807) is 4.68 Å². The van der Waals surface area contributed by atoms with Gasteiger partial charge in [-0.1, -0.05) is 12.8 Å². The summed E-state index contributed by atoms with van der Waals surface area (Å²) in [5, 5.41) is 10.9. The van der Waals surface area contributed by atoms with E-state index < -0.39 is 0 Å². The van der Waals surface area contributed by atoms with Gasteiger partial charge in [0.25, 0.3) is 0 Å². The van der Waals surface area contributed by atoms with Crippen LogP contribution in [0.1, 0.15) is 50.3 Å². The van der Waals surface area contributed by atoms with Gasteiger partial charge in [0, 0.05) is 18.9 Å². The number of carbonyl (C=O) groups is 1. The van der Waals surface area contributed by atoms with E-state index in [1.165, 1.54) is 25.7 Å². The molecule has 6 nitrogen and oxygen atoms in total. The molecule has 120 valence electrons. The number of piperidine rings is 1. The smallest absolute Gasteiger partial charge is 0.230 e. The monoisotopic (exact) mass is 303 g/mol. The van der Waals surface area contributed by atoms with Gasteiger partial charge in [-0.05, 0) is 50.6 Å². The minimum atomic E-state index is 0.157. The van der Waals surface area contributed by atoms with Crippen LogP contribution in [0.5, 0.6) is 0 Å². The Morgan fingerprint density at radius 3 is 2.55 bits per heavy atom. The van der Waals surface area contributed by atoms with Crippen LogP contribution < -0.4 is 10.6 Å². The zero-order valence-electron chi connectivity index (χ0n) is 13.2. The summed E-state index contributed by atoms with van der Waals surface area (Å²) in [5.74, 6) is 3.55. The second-order valence-electron chi connectivity index (χ2n) is 7.07. The predicted octanol–water partition coefficient (Wildman–Crippen LogP) is 1.66. The summed E-state index contributed by atoms with van der Waals surface area (Å²) >= 11 is 0. The molecule has 1 saturated heterocycles. The molecule has 1 aliphatic heterocycles. The van der Waals surface area contributed by atoms with Crippen LogP contribution in [0.15, 0.2) is 0 Å². The molecule has 0 radical (unpaired) electrons. The number of nitrogens with zero attached hydrogens (tertiary/aromatic N) is 3. The topological polar surface area (TPSA) is 71.8 Å². The van der Waals surface area contributed by atoms with Gasteiger partial charge in [0.05, 0.1) is 0 Å². The Labute approximate surface area is 131 Å². The third-order valence-corrected chi connectivity index (χ3v) is 5.68. The van der Waals surface area contributed by atoms with E-state index in [9.17, 15) is 4.79 Å². The fraction of sp³-hybridized carbons (Fsp3) is 0.812. The van der Waals surface area contributed by atoms with Gasteiger partial charge in [-0.25, -0.2) is 4.68 Å². The molecule has 2 aliphatic carbocycles. The first-order chi connectivity index (χ1) is 10.7. The summed E-state index contributed by atoms with van der Waals surface area (Å²) in [4.78, 5) is 17.1. The number of fused-ring (bicyclic) bond motifs is 1. The number of rotatable bonds is 3. The Morgan fingerprint density at radius 2 is 1.86 bits per heavy atom. The minimum absolute atomic E-state index is 0.157. The Morgan fingerprint density at radius 1 is 1.18 bits per heavy atom. The highest BCUT2D eigenvalue weighted by Crippen LogP contribution is 2.55. The van der Waals surface area contributed by atoms with Crippen LogP contribution in [-0.4, -0.2) is 33.8 Å². The molecule has 1 aromatic heterocycles. The van der Waals surface area contributed by atoms with Gasteiger partial charge in [0.15, 0.2) is 5.82 Å². The molecule has 22 heavy (non-hydrogen) atoms. The van der Waals surface area contributed by atoms with Crippen molar-refractivity contribution in [3.05, 3.63) is 5.82 Å². The molecule has 6 heteroatoms. The van der Waals surface area contributed by atoms with Crippen molar-refractivity contribution in [2.45, 2.75) is 44.4 Å². The van der Waals surface area contributed by atoms with Crippen LogP contribution in [0.3, 0.4) is 0 Å². The van der Waals surface area contributed by atoms with Crippen molar-refractivity contribution < 1.29 is 4.79 Å². The summed E-state index contributed by atoms with van der Waals surface area (Å²) in [7, 11) is 1.87. The lowest BCUT2D eigenvalue weighted by molar-refractivity contribution is -0.117. The number of aromatic nitrogens is 3. The van der Waals surface area contributed by atoms with Gasteiger partial charge in [-0.2, -0.15) is 10.1 Å². The van der Waals surface area contributed by atoms with Crippen LogP contribution in [0.2, 0.25) is 0 Å². The summed E-state index contributed by atoms with van der Waals surface area (Å²) in [6, 6.07) is 0. The van der Waals surface area contributed by atoms with Crippen molar-refractivity contribution in [2.24, 2.45) is 24.8 Å². The second kappa shape index (κ2) is 5.65. The van der Waals surface area contributed by atoms with Crippen LogP contribution in [0.25, 0.3) is 0 Å². The van der Waals surface area contributed by atoms with E-state index >= 15 is 0 Å². The first-order valence-electron chi connectivity index (χ1n) is 8.66. The third kappa shape index (κ3) is 2.53. The molecule has 2 atom stereocenters. The van der Waals surface area contributed by atoms with E-state index in [-0.39, 0.29) is 11.8 Å². The number of anilines is 1. The van der Waals surface area contributed by atoms with Crippen molar-refractivity contribution >= 4 is 11.9 Å². The lowest BCUT2D eigenvalue weighted by Crippen LogP contribution is -2.27. The summed E-state index contributed by atoms with van der Waals surface area (Å²) in [5.41, 5.74) is 0. The molecule has 2 heterocycles. The first-order valence-corrected chi connectivity index (χ1v) is 8.66. The highest BCUT2D eigenvalue weighted by atomic mass is 16.2. The molecule has 0 bridgehead atoms. The lowest BCUT2D eigenvalue weighted by Gasteiger charge is -2.19. The fourth-order valence-corrected chi connectivity index (χ4v) is 4.34. The predicted molar refractivity (Wildman–Crippen MR) is 83.4 cm³/mol. The molecule has 2 saturated carbocycles. The maximum Gasteiger partial charge on any atom is 0.230 e. The van der Waals surface area contributed by atoms with Gasteiger partial charge in [0.2, 0.25) is 11.9 Å². The van der Waals surface area contributed by atoms with Crippen LogP contribution in [0.4, 0.5) is 5.95 Å². The number of amides is 1. The van der Waals surface area contributed by atoms with Crippen molar-refractivity contribution in [2.75, 3.05) is 18.4 Å². The molecule has 4 rings (SSSR count). The molecule has 1 aromatic rings.